The fourth-order valence-electron chi connectivity index (χ4n) is 4.65. The summed E-state index contributed by atoms with van der Waals surface area (Å²) >= 11 is 0. The van der Waals surface area contributed by atoms with Crippen molar-refractivity contribution in [3.8, 4) is 0 Å². The molecule has 132 valence electrons. The number of ketones is 1. The van der Waals surface area contributed by atoms with Gasteiger partial charge in [-0.3, -0.25) is 4.79 Å². The van der Waals surface area contributed by atoms with Crippen LogP contribution in [-0.4, -0.2) is 33.2 Å². The van der Waals surface area contributed by atoms with Crippen molar-refractivity contribution in [2.24, 2.45) is 17.3 Å². The second-order valence-electron chi connectivity index (χ2n) is 7.46. The van der Waals surface area contributed by atoms with Crippen molar-refractivity contribution in [1.29, 1.82) is 0 Å². The predicted octanol–water partition coefficient (Wildman–Crippen LogP) is 3.16. The molecule has 2 rings (SSSR count). The molecule has 5 nitrogen and oxygen atoms in total. The number of rotatable bonds is 4. The van der Waals surface area contributed by atoms with Crippen molar-refractivity contribution >= 4 is 11.8 Å². The topological polar surface area (TPSA) is 94.8 Å². The van der Waals surface area contributed by atoms with Gasteiger partial charge in [-0.1, -0.05) is 24.6 Å². The molecule has 1 saturated carbocycles. The maximum Gasteiger partial charge on any atom is 0.328 e. The highest BCUT2D eigenvalue weighted by atomic mass is 16.4. The quantitative estimate of drug-likeness (QED) is 0.542. The summed E-state index contributed by atoms with van der Waals surface area (Å²) in [5.41, 5.74) is 1.70. The number of hydrogen-bond acceptors (Lipinski definition) is 4. The van der Waals surface area contributed by atoms with E-state index >= 15 is 0 Å². The van der Waals surface area contributed by atoms with E-state index in [0.29, 0.717) is 24.8 Å². The molecule has 0 aromatic carbocycles. The highest BCUT2D eigenvalue weighted by Gasteiger charge is 2.54. The Hall–Kier alpha value is -1.88. The number of fused-ring (bicyclic) bond motifs is 1. The Morgan fingerprint density at radius 1 is 1.46 bits per heavy atom. The number of Topliss-reactive ketones (excluding diaryl/α,β-unsaturated/α-hetero) is 1. The van der Waals surface area contributed by atoms with Crippen molar-refractivity contribution in [2.45, 2.75) is 52.6 Å². The minimum absolute atomic E-state index is 0.00459. The van der Waals surface area contributed by atoms with Gasteiger partial charge in [0, 0.05) is 18.4 Å². The van der Waals surface area contributed by atoms with E-state index in [0.717, 1.165) is 11.1 Å². The highest BCUT2D eigenvalue weighted by Crippen LogP contribution is 2.56. The molecule has 2 aliphatic carbocycles. The maximum absolute atomic E-state index is 12.2. The molecule has 24 heavy (non-hydrogen) atoms. The molecule has 0 heterocycles. The molecule has 0 aromatic rings. The summed E-state index contributed by atoms with van der Waals surface area (Å²) in [6.45, 7) is 9.56. The summed E-state index contributed by atoms with van der Waals surface area (Å²) in [6, 6.07) is 0. The normalized spacial score (nSPS) is 34.3. The third-order valence-corrected chi connectivity index (χ3v) is 5.70. The summed E-state index contributed by atoms with van der Waals surface area (Å²) in [4.78, 5) is 23.0. The van der Waals surface area contributed by atoms with E-state index in [-0.39, 0.29) is 29.8 Å². The first-order chi connectivity index (χ1) is 11.1. The molecule has 0 amide bonds. The van der Waals surface area contributed by atoms with Gasteiger partial charge in [0.25, 0.3) is 0 Å². The number of allylic oxidation sites excluding steroid dienone is 2. The molecule has 5 heteroatoms. The molecular formula is C19H26O5. The summed E-state index contributed by atoms with van der Waals surface area (Å²) in [7, 11) is 0. The molecule has 0 bridgehead atoms. The average Bonchev–Trinajstić information content (AvgIpc) is 2.43. The van der Waals surface area contributed by atoms with E-state index < -0.39 is 17.5 Å². The summed E-state index contributed by atoms with van der Waals surface area (Å²) in [6.07, 6.45) is 2.41. The van der Waals surface area contributed by atoms with Crippen LogP contribution in [0.1, 0.15) is 46.5 Å². The van der Waals surface area contributed by atoms with Crippen LogP contribution in [0.5, 0.6) is 0 Å². The molecule has 1 fully saturated rings. The molecule has 0 unspecified atom stereocenters. The molecule has 0 saturated heterocycles. The first-order valence-electron chi connectivity index (χ1n) is 8.26. The second kappa shape index (κ2) is 6.55. The van der Waals surface area contributed by atoms with Gasteiger partial charge in [0.2, 0.25) is 0 Å². The third-order valence-electron chi connectivity index (χ3n) is 5.70. The van der Waals surface area contributed by atoms with Gasteiger partial charge in [0.05, 0.1) is 6.10 Å². The Balaban J connectivity index is 2.33. The molecule has 2 aliphatic rings. The van der Waals surface area contributed by atoms with Crippen molar-refractivity contribution in [2.75, 3.05) is 0 Å². The Kier molecular flexibility index (Phi) is 5.04. The zero-order valence-electron chi connectivity index (χ0n) is 14.5. The van der Waals surface area contributed by atoms with Gasteiger partial charge in [-0.25, -0.2) is 4.79 Å². The molecule has 3 N–H and O–H groups in total. The van der Waals surface area contributed by atoms with Gasteiger partial charge < -0.3 is 15.3 Å². The number of carbonyl (C=O) groups is 2. The Morgan fingerprint density at radius 3 is 2.67 bits per heavy atom. The fourth-order valence-corrected chi connectivity index (χ4v) is 4.65. The number of carbonyl (C=O) groups excluding carboxylic acids is 1. The monoisotopic (exact) mass is 334 g/mol. The number of carboxylic acids is 1. The maximum atomic E-state index is 12.2. The van der Waals surface area contributed by atoms with Crippen LogP contribution in [0.15, 0.2) is 35.1 Å². The Bertz CT molecular complexity index is 642. The predicted molar refractivity (Wildman–Crippen MR) is 90.4 cm³/mol. The van der Waals surface area contributed by atoms with Crippen LogP contribution in [0, 0.1) is 17.3 Å². The smallest absolute Gasteiger partial charge is 0.328 e. The van der Waals surface area contributed by atoms with E-state index in [1.807, 2.05) is 6.92 Å². The number of carboxylic acid groups (broad SMARTS) is 1. The lowest BCUT2D eigenvalue weighted by Crippen LogP contribution is -2.51. The van der Waals surface area contributed by atoms with Gasteiger partial charge in [-0.2, -0.15) is 0 Å². The second-order valence-corrected chi connectivity index (χ2v) is 7.46. The lowest BCUT2D eigenvalue weighted by atomic mass is 9.52. The Labute approximate surface area is 142 Å². The third kappa shape index (κ3) is 3.18. The molecular weight excluding hydrogens is 308 g/mol. The zero-order valence-corrected chi connectivity index (χ0v) is 14.5. The van der Waals surface area contributed by atoms with Crippen LogP contribution in [0.3, 0.4) is 0 Å². The highest BCUT2D eigenvalue weighted by molar-refractivity contribution is 5.95. The number of aliphatic hydroxyl groups is 2. The van der Waals surface area contributed by atoms with Crippen molar-refractivity contribution in [1.82, 2.24) is 0 Å². The molecule has 0 aliphatic heterocycles. The van der Waals surface area contributed by atoms with Crippen LogP contribution in [0.4, 0.5) is 0 Å². The van der Waals surface area contributed by atoms with Crippen molar-refractivity contribution in [3.63, 3.8) is 0 Å². The minimum Gasteiger partial charge on any atom is -0.504 e. The van der Waals surface area contributed by atoms with Gasteiger partial charge in [0.15, 0.2) is 11.5 Å². The van der Waals surface area contributed by atoms with E-state index in [1.165, 1.54) is 6.08 Å². The van der Waals surface area contributed by atoms with Gasteiger partial charge in [-0.05, 0) is 50.0 Å². The van der Waals surface area contributed by atoms with E-state index in [1.54, 1.807) is 13.8 Å². The van der Waals surface area contributed by atoms with Gasteiger partial charge >= 0.3 is 5.97 Å². The fraction of sp³-hybridized carbons (Fsp3) is 0.579. The SMILES string of the molecule is C=C1C[C@@H](O)[C@H]2C(C)=C(O)C(=O)C[C@@]2(C)[C@@H]1CC/C(C)=C/C(=O)O. The summed E-state index contributed by atoms with van der Waals surface area (Å²) in [5, 5.41) is 29.4. The van der Waals surface area contributed by atoms with Crippen LogP contribution < -0.4 is 0 Å². The van der Waals surface area contributed by atoms with E-state index in [9.17, 15) is 19.8 Å². The molecule has 4 atom stereocenters. The van der Waals surface area contributed by atoms with Crippen LogP contribution in [-0.2, 0) is 9.59 Å². The van der Waals surface area contributed by atoms with Crippen LogP contribution in [0.2, 0.25) is 0 Å². The number of aliphatic hydroxyl groups excluding tert-OH is 2. The Morgan fingerprint density at radius 2 is 2.08 bits per heavy atom. The van der Waals surface area contributed by atoms with Crippen LogP contribution >= 0.6 is 0 Å². The zero-order chi connectivity index (χ0) is 18.2. The lowest BCUT2D eigenvalue weighted by molar-refractivity contribution is -0.131. The summed E-state index contributed by atoms with van der Waals surface area (Å²) in [5.74, 6) is -1.77. The minimum atomic E-state index is -0.967. The number of hydrogen-bond donors (Lipinski definition) is 3. The molecule has 0 spiro atoms. The van der Waals surface area contributed by atoms with Crippen molar-refractivity contribution < 1.29 is 24.9 Å². The van der Waals surface area contributed by atoms with Crippen LogP contribution in [0.25, 0.3) is 0 Å². The van der Waals surface area contributed by atoms with Gasteiger partial charge in [-0.15, -0.1) is 0 Å². The summed E-state index contributed by atoms with van der Waals surface area (Å²) < 4.78 is 0. The lowest BCUT2D eigenvalue weighted by Gasteiger charge is -2.53. The van der Waals surface area contributed by atoms with Crippen molar-refractivity contribution in [3.05, 3.63) is 35.1 Å². The van der Waals surface area contributed by atoms with E-state index in [2.05, 4.69) is 6.58 Å². The first-order valence-corrected chi connectivity index (χ1v) is 8.26. The van der Waals surface area contributed by atoms with Gasteiger partial charge in [0.1, 0.15) is 0 Å². The first kappa shape index (κ1) is 18.5. The largest absolute Gasteiger partial charge is 0.504 e. The number of aliphatic carboxylic acids is 1. The van der Waals surface area contributed by atoms with E-state index in [4.69, 9.17) is 5.11 Å². The molecule has 0 radical (unpaired) electrons. The standard InChI is InChI=1S/C19H26O5/c1-10(7-16(22)23)5-6-13-11(2)8-14(20)17-12(3)18(24)15(21)9-19(13,17)4/h7,13-14,17,20,24H,2,5-6,8-9H2,1,3-4H3,(H,22,23)/b10-7+/t13-,14-,17-,19+/m1/s1. The molecule has 0 aromatic heterocycles. The average molecular weight is 334 g/mol.